The first-order valence-corrected chi connectivity index (χ1v) is 7.25. The molecule has 0 aromatic carbocycles. The highest BCUT2D eigenvalue weighted by atomic mass is 127. The largest absolute Gasteiger partial charge is 0.469 e. The molecule has 1 aliphatic rings. The van der Waals surface area contributed by atoms with E-state index in [2.05, 4.69) is 20.3 Å². The van der Waals surface area contributed by atoms with Gasteiger partial charge in [-0.25, -0.2) is 0 Å². The molecule has 1 aromatic heterocycles. The Morgan fingerprint density at radius 3 is 2.73 bits per heavy atom. The Kier molecular flexibility index (Phi) is 8.21. The molecule has 7 nitrogen and oxygen atoms in total. The lowest BCUT2D eigenvalue weighted by Crippen LogP contribution is -2.47. The molecule has 1 N–H and O–H groups in total. The van der Waals surface area contributed by atoms with Crippen LogP contribution in [0.2, 0.25) is 0 Å². The number of nitrogens with one attached hydrogen (secondary N) is 1. The normalized spacial score (nSPS) is 16.1. The first-order chi connectivity index (χ1) is 10.2. The minimum absolute atomic E-state index is 0. The number of methoxy groups -OCH3 is 1. The average molecular weight is 421 g/mol. The van der Waals surface area contributed by atoms with Gasteiger partial charge in [-0.2, -0.15) is 5.10 Å². The molecule has 0 saturated carbocycles. The third-order valence-electron chi connectivity index (χ3n) is 3.72. The number of piperidine rings is 1. The summed E-state index contributed by atoms with van der Waals surface area (Å²) < 4.78 is 6.68. The highest BCUT2D eigenvalue weighted by molar-refractivity contribution is 14.0. The van der Waals surface area contributed by atoms with Crippen LogP contribution in [-0.2, 0) is 16.1 Å². The molecule has 0 radical (unpaired) electrons. The van der Waals surface area contributed by atoms with E-state index >= 15 is 0 Å². The summed E-state index contributed by atoms with van der Waals surface area (Å²) >= 11 is 0. The molecule has 2 rings (SSSR count). The molecule has 0 aliphatic carbocycles. The molecule has 1 fully saturated rings. The fraction of sp³-hybridized carbons (Fsp3) is 0.643. The number of aliphatic imine (C=N–C) groups is 1. The summed E-state index contributed by atoms with van der Waals surface area (Å²) in [5.74, 6) is 0.801. The standard InChI is InChI=1S/C14H23N5O2.HI/c1-15-14(16-7-11-19-8-3-6-17-19)18-9-4-12(5-10-18)13(20)21-2;/h3,6,8,12H,4-5,7,9-11H2,1-2H3,(H,15,16);1H. The summed E-state index contributed by atoms with van der Waals surface area (Å²) in [7, 11) is 3.23. The maximum atomic E-state index is 11.5. The fourth-order valence-electron chi connectivity index (χ4n) is 2.54. The number of nitrogens with zero attached hydrogens (tertiary/aromatic N) is 4. The summed E-state index contributed by atoms with van der Waals surface area (Å²) in [5.41, 5.74) is 0. The van der Waals surface area contributed by atoms with Gasteiger partial charge in [0.15, 0.2) is 5.96 Å². The smallest absolute Gasteiger partial charge is 0.308 e. The zero-order valence-electron chi connectivity index (χ0n) is 13.1. The second-order valence-corrected chi connectivity index (χ2v) is 5.03. The van der Waals surface area contributed by atoms with Crippen LogP contribution in [0.3, 0.4) is 0 Å². The van der Waals surface area contributed by atoms with E-state index < -0.39 is 0 Å². The second-order valence-electron chi connectivity index (χ2n) is 5.03. The van der Waals surface area contributed by atoms with Crippen LogP contribution in [0.5, 0.6) is 0 Å². The van der Waals surface area contributed by atoms with E-state index in [1.807, 2.05) is 16.9 Å². The van der Waals surface area contributed by atoms with Crippen molar-refractivity contribution in [3.63, 3.8) is 0 Å². The number of likely N-dealkylation sites (tertiary alicyclic amines) is 1. The SMILES string of the molecule is CN=C(NCCn1cccn1)N1CCC(C(=O)OC)CC1.I. The van der Waals surface area contributed by atoms with Gasteiger partial charge in [0.2, 0.25) is 0 Å². The molecule has 0 atom stereocenters. The van der Waals surface area contributed by atoms with Gasteiger partial charge < -0.3 is 15.0 Å². The van der Waals surface area contributed by atoms with E-state index in [1.54, 1.807) is 13.2 Å². The molecule has 1 saturated heterocycles. The molecule has 124 valence electrons. The summed E-state index contributed by atoms with van der Waals surface area (Å²) in [6.07, 6.45) is 5.33. The van der Waals surface area contributed by atoms with Crippen molar-refractivity contribution in [1.29, 1.82) is 0 Å². The summed E-state index contributed by atoms with van der Waals surface area (Å²) in [6, 6.07) is 1.91. The van der Waals surface area contributed by atoms with E-state index in [4.69, 9.17) is 4.74 Å². The number of rotatable bonds is 4. The van der Waals surface area contributed by atoms with Crippen LogP contribution in [0.4, 0.5) is 0 Å². The zero-order valence-corrected chi connectivity index (χ0v) is 15.4. The molecule has 1 aromatic rings. The molecule has 0 bridgehead atoms. The number of ether oxygens (including phenoxy) is 1. The van der Waals surface area contributed by atoms with E-state index in [9.17, 15) is 4.79 Å². The van der Waals surface area contributed by atoms with Gasteiger partial charge in [0, 0.05) is 39.1 Å². The van der Waals surface area contributed by atoms with Crippen molar-refractivity contribution in [2.24, 2.45) is 10.9 Å². The minimum Gasteiger partial charge on any atom is -0.469 e. The topological polar surface area (TPSA) is 71.8 Å². The molecule has 2 heterocycles. The Hall–Kier alpha value is -1.32. The van der Waals surface area contributed by atoms with Crippen LogP contribution < -0.4 is 5.32 Å². The lowest BCUT2D eigenvalue weighted by molar-refractivity contribution is -0.146. The van der Waals surface area contributed by atoms with Gasteiger partial charge >= 0.3 is 5.97 Å². The van der Waals surface area contributed by atoms with Crippen molar-refractivity contribution in [2.75, 3.05) is 33.8 Å². The van der Waals surface area contributed by atoms with E-state index in [0.717, 1.165) is 45.0 Å². The fourth-order valence-corrected chi connectivity index (χ4v) is 2.54. The number of esters is 1. The van der Waals surface area contributed by atoms with E-state index in [-0.39, 0.29) is 35.9 Å². The Balaban J connectivity index is 0.00000242. The van der Waals surface area contributed by atoms with Gasteiger partial charge in [-0.15, -0.1) is 24.0 Å². The van der Waals surface area contributed by atoms with Crippen LogP contribution >= 0.6 is 24.0 Å². The van der Waals surface area contributed by atoms with Crippen LogP contribution in [0.25, 0.3) is 0 Å². The molecule has 8 heteroatoms. The Morgan fingerprint density at radius 2 is 2.18 bits per heavy atom. The first-order valence-electron chi connectivity index (χ1n) is 7.25. The summed E-state index contributed by atoms with van der Waals surface area (Å²) in [4.78, 5) is 18.0. The third-order valence-corrected chi connectivity index (χ3v) is 3.72. The predicted molar refractivity (Wildman–Crippen MR) is 95.3 cm³/mol. The van der Waals surface area contributed by atoms with Crippen LogP contribution in [0, 0.1) is 5.92 Å². The molecule has 0 amide bonds. The third kappa shape index (κ3) is 5.15. The number of halogens is 1. The van der Waals surface area contributed by atoms with Gasteiger partial charge in [-0.3, -0.25) is 14.5 Å². The van der Waals surface area contributed by atoms with Crippen molar-refractivity contribution >= 4 is 35.9 Å². The van der Waals surface area contributed by atoms with Crippen LogP contribution in [0.15, 0.2) is 23.5 Å². The highest BCUT2D eigenvalue weighted by Gasteiger charge is 2.26. The Labute approximate surface area is 148 Å². The maximum Gasteiger partial charge on any atom is 0.308 e. The maximum absolute atomic E-state index is 11.5. The van der Waals surface area contributed by atoms with E-state index in [0.29, 0.717) is 0 Å². The van der Waals surface area contributed by atoms with Gasteiger partial charge in [0.25, 0.3) is 0 Å². The molecule has 22 heavy (non-hydrogen) atoms. The van der Waals surface area contributed by atoms with Crippen molar-refractivity contribution in [1.82, 2.24) is 20.0 Å². The molecular weight excluding hydrogens is 397 g/mol. The lowest BCUT2D eigenvalue weighted by Gasteiger charge is -2.33. The summed E-state index contributed by atoms with van der Waals surface area (Å²) in [6.45, 7) is 3.21. The van der Waals surface area contributed by atoms with Crippen molar-refractivity contribution in [3.05, 3.63) is 18.5 Å². The summed E-state index contributed by atoms with van der Waals surface area (Å²) in [5, 5.41) is 7.50. The minimum atomic E-state index is -0.101. The Bertz CT molecular complexity index is 470. The number of guanidine groups is 1. The molecule has 0 unspecified atom stereocenters. The average Bonchev–Trinajstić information content (AvgIpc) is 3.04. The molecule has 1 aliphatic heterocycles. The lowest BCUT2D eigenvalue weighted by atomic mass is 9.97. The second kappa shape index (κ2) is 9.65. The first kappa shape index (κ1) is 18.7. The van der Waals surface area contributed by atoms with Crippen LogP contribution in [-0.4, -0.2) is 60.4 Å². The molecule has 0 spiro atoms. The quantitative estimate of drug-likeness (QED) is 0.340. The van der Waals surface area contributed by atoms with Gasteiger partial charge in [-0.05, 0) is 18.9 Å². The van der Waals surface area contributed by atoms with Crippen LogP contribution in [0.1, 0.15) is 12.8 Å². The van der Waals surface area contributed by atoms with Gasteiger partial charge in [0.05, 0.1) is 19.6 Å². The number of hydrogen-bond acceptors (Lipinski definition) is 4. The van der Waals surface area contributed by atoms with Gasteiger partial charge in [0.1, 0.15) is 0 Å². The van der Waals surface area contributed by atoms with Gasteiger partial charge in [-0.1, -0.05) is 0 Å². The molecular formula is C14H24IN5O2. The Morgan fingerprint density at radius 1 is 1.45 bits per heavy atom. The van der Waals surface area contributed by atoms with Crippen molar-refractivity contribution < 1.29 is 9.53 Å². The zero-order chi connectivity index (χ0) is 15.1. The van der Waals surface area contributed by atoms with Crippen molar-refractivity contribution in [3.8, 4) is 0 Å². The highest BCUT2D eigenvalue weighted by Crippen LogP contribution is 2.18. The van der Waals surface area contributed by atoms with E-state index in [1.165, 1.54) is 7.11 Å². The monoisotopic (exact) mass is 421 g/mol. The number of hydrogen-bond donors (Lipinski definition) is 1. The predicted octanol–water partition coefficient (Wildman–Crippen LogP) is 0.961. The van der Waals surface area contributed by atoms with Crippen molar-refractivity contribution in [2.45, 2.75) is 19.4 Å². The number of carbonyl (C=O) groups excluding carboxylic acids is 1. The number of aromatic nitrogens is 2. The number of carbonyl (C=O) groups is 1.